The maximum atomic E-state index is 11.7. The first-order valence-electron chi connectivity index (χ1n) is 4.15. The van der Waals surface area contributed by atoms with Crippen LogP contribution in [0.15, 0.2) is 29.8 Å². The lowest BCUT2D eigenvalue weighted by Crippen LogP contribution is -2.03. The first kappa shape index (κ1) is 9.02. The van der Waals surface area contributed by atoms with Gasteiger partial charge in [-0.1, -0.05) is 6.07 Å². The van der Waals surface area contributed by atoms with Crippen molar-refractivity contribution in [2.24, 2.45) is 0 Å². The summed E-state index contributed by atoms with van der Waals surface area (Å²) in [7, 11) is 0. The second-order valence-electron chi connectivity index (χ2n) is 2.80. The lowest BCUT2D eigenvalue weighted by Gasteiger charge is -1.94. The average Bonchev–Trinajstić information content (AvgIpc) is 2.65. The summed E-state index contributed by atoms with van der Waals surface area (Å²) in [6.07, 6.45) is 1.60. The van der Waals surface area contributed by atoms with Crippen LogP contribution in [0.25, 0.3) is 0 Å². The normalized spacial score (nSPS) is 10.1. The van der Waals surface area contributed by atoms with Crippen LogP contribution < -0.4 is 0 Å². The molecule has 2 aromatic heterocycles. The molecule has 0 unspecified atom stereocenters. The van der Waals surface area contributed by atoms with Crippen LogP contribution in [0.2, 0.25) is 0 Å². The van der Waals surface area contributed by atoms with E-state index in [0.29, 0.717) is 11.4 Å². The number of hydrogen-bond donors (Lipinski definition) is 0. The molecule has 0 atom stereocenters. The monoisotopic (exact) mass is 204 g/mol. The number of hydrogen-bond acceptors (Lipinski definition) is 4. The molecular formula is C10H8N2OS. The van der Waals surface area contributed by atoms with Gasteiger partial charge in [-0.15, -0.1) is 11.3 Å². The predicted molar refractivity (Wildman–Crippen MR) is 54.5 cm³/mol. The van der Waals surface area contributed by atoms with Gasteiger partial charge in [0.1, 0.15) is 11.4 Å². The number of carbonyl (C=O) groups excluding carboxylic acids is 1. The molecule has 0 bridgehead atoms. The zero-order valence-corrected chi connectivity index (χ0v) is 8.41. The van der Waals surface area contributed by atoms with E-state index in [0.717, 1.165) is 5.01 Å². The molecular weight excluding hydrogens is 196 g/mol. The molecule has 0 N–H and O–H groups in total. The number of thiazole rings is 1. The molecule has 0 saturated carbocycles. The highest BCUT2D eigenvalue weighted by atomic mass is 32.1. The highest BCUT2D eigenvalue weighted by Gasteiger charge is 2.12. The van der Waals surface area contributed by atoms with Crippen molar-refractivity contribution in [1.29, 1.82) is 0 Å². The van der Waals surface area contributed by atoms with Gasteiger partial charge >= 0.3 is 0 Å². The van der Waals surface area contributed by atoms with Gasteiger partial charge in [-0.25, -0.2) is 4.98 Å². The van der Waals surface area contributed by atoms with Crippen LogP contribution in [0.4, 0.5) is 0 Å². The number of rotatable bonds is 2. The van der Waals surface area contributed by atoms with Gasteiger partial charge in [0.15, 0.2) is 0 Å². The highest BCUT2D eigenvalue weighted by molar-refractivity contribution is 7.09. The fourth-order valence-corrected chi connectivity index (χ4v) is 1.69. The van der Waals surface area contributed by atoms with Crippen molar-refractivity contribution < 1.29 is 4.79 Å². The lowest BCUT2D eigenvalue weighted by molar-refractivity contribution is 0.103. The molecule has 14 heavy (non-hydrogen) atoms. The molecule has 0 saturated heterocycles. The van der Waals surface area contributed by atoms with E-state index in [1.165, 1.54) is 11.3 Å². The Labute approximate surface area is 85.5 Å². The summed E-state index contributed by atoms with van der Waals surface area (Å²) in [6, 6.07) is 5.26. The SMILES string of the molecule is Cc1nc(C(=O)c2ccccn2)cs1. The van der Waals surface area contributed by atoms with Crippen LogP contribution in [0.1, 0.15) is 21.2 Å². The molecule has 0 aliphatic rings. The Kier molecular flexibility index (Phi) is 2.37. The molecule has 0 aliphatic heterocycles. The van der Waals surface area contributed by atoms with Crippen molar-refractivity contribution in [2.45, 2.75) is 6.92 Å². The van der Waals surface area contributed by atoms with Crippen LogP contribution in [0.5, 0.6) is 0 Å². The highest BCUT2D eigenvalue weighted by Crippen LogP contribution is 2.11. The van der Waals surface area contributed by atoms with Gasteiger partial charge in [-0.3, -0.25) is 9.78 Å². The third kappa shape index (κ3) is 1.70. The van der Waals surface area contributed by atoms with Crippen LogP contribution >= 0.6 is 11.3 Å². The Morgan fingerprint density at radius 3 is 2.79 bits per heavy atom. The smallest absolute Gasteiger partial charge is 0.230 e. The van der Waals surface area contributed by atoms with Gasteiger partial charge in [0.2, 0.25) is 5.78 Å². The van der Waals surface area contributed by atoms with E-state index in [4.69, 9.17) is 0 Å². The topological polar surface area (TPSA) is 42.9 Å². The van der Waals surface area contributed by atoms with Gasteiger partial charge in [-0.05, 0) is 19.1 Å². The number of nitrogens with zero attached hydrogens (tertiary/aromatic N) is 2. The van der Waals surface area contributed by atoms with Crippen LogP contribution in [-0.4, -0.2) is 15.8 Å². The Morgan fingerprint density at radius 2 is 2.21 bits per heavy atom. The van der Waals surface area contributed by atoms with Gasteiger partial charge in [-0.2, -0.15) is 0 Å². The standard InChI is InChI=1S/C10H8N2OS/c1-7-12-9(6-14-7)10(13)8-4-2-3-5-11-8/h2-6H,1H3. The fourth-order valence-electron chi connectivity index (χ4n) is 1.10. The summed E-state index contributed by atoms with van der Waals surface area (Å²) in [4.78, 5) is 19.8. The zero-order valence-electron chi connectivity index (χ0n) is 7.60. The van der Waals surface area contributed by atoms with E-state index in [9.17, 15) is 4.79 Å². The fraction of sp³-hybridized carbons (Fsp3) is 0.100. The van der Waals surface area contributed by atoms with Crippen LogP contribution in [-0.2, 0) is 0 Å². The van der Waals surface area contributed by atoms with E-state index in [1.807, 2.05) is 6.92 Å². The van der Waals surface area contributed by atoms with Crippen molar-refractivity contribution in [2.75, 3.05) is 0 Å². The largest absolute Gasteiger partial charge is 0.285 e. The molecule has 70 valence electrons. The minimum absolute atomic E-state index is 0.116. The molecule has 0 amide bonds. The minimum atomic E-state index is -0.116. The van der Waals surface area contributed by atoms with Gasteiger partial charge in [0.05, 0.1) is 5.01 Å². The Bertz CT molecular complexity index is 450. The second kappa shape index (κ2) is 3.67. The predicted octanol–water partition coefficient (Wildman–Crippen LogP) is 2.08. The summed E-state index contributed by atoms with van der Waals surface area (Å²) < 4.78 is 0. The van der Waals surface area contributed by atoms with Crippen LogP contribution in [0, 0.1) is 6.92 Å². The number of ketones is 1. The van der Waals surface area contributed by atoms with Crippen LogP contribution in [0.3, 0.4) is 0 Å². The molecule has 0 spiro atoms. The van der Waals surface area contributed by atoms with Crippen molar-refractivity contribution in [3.05, 3.63) is 46.2 Å². The van der Waals surface area contributed by atoms with E-state index < -0.39 is 0 Å². The Balaban J connectivity index is 2.34. The molecule has 2 rings (SSSR count). The third-order valence-corrected chi connectivity index (χ3v) is 2.52. The molecule has 2 heterocycles. The van der Waals surface area contributed by atoms with E-state index >= 15 is 0 Å². The van der Waals surface area contributed by atoms with E-state index in [-0.39, 0.29) is 5.78 Å². The molecule has 4 heteroatoms. The van der Waals surface area contributed by atoms with Gasteiger partial charge in [0, 0.05) is 11.6 Å². The summed E-state index contributed by atoms with van der Waals surface area (Å²) in [6.45, 7) is 1.87. The molecule has 0 fully saturated rings. The summed E-state index contributed by atoms with van der Waals surface area (Å²) >= 11 is 1.47. The van der Waals surface area contributed by atoms with Gasteiger partial charge < -0.3 is 0 Å². The molecule has 0 radical (unpaired) electrons. The first-order chi connectivity index (χ1) is 6.77. The quantitative estimate of drug-likeness (QED) is 0.703. The van der Waals surface area contributed by atoms with Crippen molar-refractivity contribution in [3.8, 4) is 0 Å². The molecule has 0 aliphatic carbocycles. The summed E-state index contributed by atoms with van der Waals surface area (Å²) in [5.41, 5.74) is 0.920. The number of pyridine rings is 1. The molecule has 0 aromatic carbocycles. The third-order valence-electron chi connectivity index (χ3n) is 1.75. The number of aromatic nitrogens is 2. The summed E-state index contributed by atoms with van der Waals surface area (Å²) in [5, 5.41) is 2.65. The number of carbonyl (C=O) groups is 1. The lowest BCUT2D eigenvalue weighted by atomic mass is 10.2. The van der Waals surface area contributed by atoms with Crippen molar-refractivity contribution in [1.82, 2.24) is 9.97 Å². The van der Waals surface area contributed by atoms with Crippen molar-refractivity contribution >= 4 is 17.1 Å². The van der Waals surface area contributed by atoms with Gasteiger partial charge in [0.25, 0.3) is 0 Å². The van der Waals surface area contributed by atoms with E-state index in [2.05, 4.69) is 9.97 Å². The van der Waals surface area contributed by atoms with Crippen molar-refractivity contribution in [3.63, 3.8) is 0 Å². The Hall–Kier alpha value is -1.55. The average molecular weight is 204 g/mol. The number of aryl methyl sites for hydroxylation is 1. The Morgan fingerprint density at radius 1 is 1.36 bits per heavy atom. The minimum Gasteiger partial charge on any atom is -0.285 e. The first-order valence-corrected chi connectivity index (χ1v) is 5.03. The van der Waals surface area contributed by atoms with E-state index in [1.54, 1.807) is 29.8 Å². The molecule has 2 aromatic rings. The second-order valence-corrected chi connectivity index (χ2v) is 3.86. The molecule has 3 nitrogen and oxygen atoms in total. The maximum absolute atomic E-state index is 11.7. The zero-order chi connectivity index (χ0) is 9.97. The summed E-state index contributed by atoms with van der Waals surface area (Å²) in [5.74, 6) is -0.116. The maximum Gasteiger partial charge on any atom is 0.230 e.